The summed E-state index contributed by atoms with van der Waals surface area (Å²) in [5.41, 5.74) is 4.97. The van der Waals surface area contributed by atoms with E-state index in [1.807, 2.05) is 85.8 Å². The van der Waals surface area contributed by atoms with Gasteiger partial charge in [-0.3, -0.25) is 4.79 Å². The molecule has 0 aliphatic heterocycles. The van der Waals surface area contributed by atoms with Gasteiger partial charge < -0.3 is 10.3 Å². The predicted octanol–water partition coefficient (Wildman–Crippen LogP) is 6.60. The Labute approximate surface area is 178 Å². The van der Waals surface area contributed by atoms with Crippen LogP contribution >= 0.6 is 11.6 Å². The van der Waals surface area contributed by atoms with Crippen LogP contribution in [0.15, 0.2) is 78.9 Å². The van der Waals surface area contributed by atoms with E-state index in [1.54, 1.807) is 0 Å². The monoisotopic (exact) mass is 411 g/mol. The van der Waals surface area contributed by atoms with Crippen molar-refractivity contribution < 1.29 is 4.79 Å². The van der Waals surface area contributed by atoms with E-state index in [-0.39, 0.29) is 5.91 Å². The fraction of sp³-hybridized carbons (Fsp3) is 0.0400. The first-order valence-corrected chi connectivity index (χ1v) is 10.0. The number of hydrogen-bond acceptors (Lipinski definition) is 2. The molecule has 5 rings (SSSR count). The molecule has 0 saturated carbocycles. The molecule has 0 atom stereocenters. The molecule has 4 aromatic carbocycles. The van der Waals surface area contributed by atoms with E-state index in [4.69, 9.17) is 11.6 Å². The Hall–Kier alpha value is -3.63. The maximum absolute atomic E-state index is 12.9. The number of carbonyl (C=O) groups is 1. The van der Waals surface area contributed by atoms with Crippen LogP contribution in [0.1, 0.15) is 15.9 Å². The van der Waals surface area contributed by atoms with Gasteiger partial charge in [-0.2, -0.15) is 0 Å². The van der Waals surface area contributed by atoms with Gasteiger partial charge in [-0.25, -0.2) is 4.98 Å². The summed E-state index contributed by atoms with van der Waals surface area (Å²) in [5.74, 6) is 0.587. The van der Waals surface area contributed by atoms with Gasteiger partial charge in [0.15, 0.2) is 0 Å². The Morgan fingerprint density at radius 3 is 2.67 bits per heavy atom. The Morgan fingerprint density at radius 2 is 1.77 bits per heavy atom. The lowest BCUT2D eigenvalue weighted by Crippen LogP contribution is -2.12. The van der Waals surface area contributed by atoms with Crippen LogP contribution in [0.2, 0.25) is 5.02 Å². The fourth-order valence-electron chi connectivity index (χ4n) is 3.64. The number of nitrogens with one attached hydrogen (secondary N) is 2. The Balaban J connectivity index is 1.47. The number of anilines is 1. The minimum atomic E-state index is -0.143. The number of amides is 1. The van der Waals surface area contributed by atoms with Crippen molar-refractivity contribution >= 4 is 45.0 Å². The van der Waals surface area contributed by atoms with Crippen LogP contribution in [0.3, 0.4) is 0 Å². The number of aromatic nitrogens is 2. The summed E-state index contributed by atoms with van der Waals surface area (Å²) in [4.78, 5) is 20.9. The number of halogens is 1. The number of fused-ring (bicyclic) bond motifs is 2. The lowest BCUT2D eigenvalue weighted by molar-refractivity contribution is 0.102. The lowest BCUT2D eigenvalue weighted by Gasteiger charge is -2.09. The van der Waals surface area contributed by atoms with E-state index in [9.17, 15) is 4.79 Å². The highest BCUT2D eigenvalue weighted by atomic mass is 35.5. The largest absolute Gasteiger partial charge is 0.338 e. The molecule has 2 N–H and O–H groups in total. The van der Waals surface area contributed by atoms with Crippen molar-refractivity contribution in [3.8, 4) is 11.4 Å². The third-order valence-electron chi connectivity index (χ3n) is 5.19. The van der Waals surface area contributed by atoms with Gasteiger partial charge in [-0.05, 0) is 53.6 Å². The smallest absolute Gasteiger partial charge is 0.256 e. The van der Waals surface area contributed by atoms with Crippen LogP contribution in [0, 0.1) is 6.92 Å². The van der Waals surface area contributed by atoms with E-state index in [0.717, 1.165) is 38.8 Å². The van der Waals surface area contributed by atoms with E-state index in [2.05, 4.69) is 15.3 Å². The van der Waals surface area contributed by atoms with Crippen molar-refractivity contribution in [2.75, 3.05) is 5.32 Å². The van der Waals surface area contributed by atoms with Crippen molar-refractivity contribution in [2.24, 2.45) is 0 Å². The summed E-state index contributed by atoms with van der Waals surface area (Å²) < 4.78 is 0. The van der Waals surface area contributed by atoms with Crippen LogP contribution in [0.4, 0.5) is 5.69 Å². The molecule has 0 fully saturated rings. The molecular formula is C25H18ClN3O. The maximum Gasteiger partial charge on any atom is 0.256 e. The number of rotatable bonds is 3. The van der Waals surface area contributed by atoms with Gasteiger partial charge in [0.05, 0.1) is 11.0 Å². The van der Waals surface area contributed by atoms with E-state index < -0.39 is 0 Å². The number of imidazole rings is 1. The van der Waals surface area contributed by atoms with Crippen LogP contribution < -0.4 is 5.32 Å². The van der Waals surface area contributed by atoms with Gasteiger partial charge in [0.25, 0.3) is 5.91 Å². The molecule has 5 aromatic rings. The summed E-state index contributed by atoms with van der Waals surface area (Å²) in [6.07, 6.45) is 0. The molecular weight excluding hydrogens is 394 g/mol. The minimum Gasteiger partial charge on any atom is -0.338 e. The second kappa shape index (κ2) is 7.32. The Bertz CT molecular complexity index is 1380. The number of carbonyl (C=O) groups excluding carboxylic acids is 1. The Morgan fingerprint density at radius 1 is 0.967 bits per heavy atom. The molecule has 0 bridgehead atoms. The van der Waals surface area contributed by atoms with E-state index >= 15 is 0 Å². The quantitative estimate of drug-likeness (QED) is 0.351. The van der Waals surface area contributed by atoms with Gasteiger partial charge in [0.2, 0.25) is 0 Å². The van der Waals surface area contributed by atoms with Gasteiger partial charge >= 0.3 is 0 Å². The number of benzene rings is 4. The Kier molecular flexibility index (Phi) is 4.49. The van der Waals surface area contributed by atoms with Crippen molar-refractivity contribution in [3.63, 3.8) is 0 Å². The SMILES string of the molecule is Cc1cc2[nH]c(-c3cccc(NC(=O)c4cccc5ccccc45)c3)nc2cc1Cl. The molecule has 0 aliphatic rings. The topological polar surface area (TPSA) is 57.8 Å². The second-order valence-corrected chi connectivity index (χ2v) is 7.67. The van der Waals surface area contributed by atoms with E-state index in [1.165, 1.54) is 0 Å². The number of aromatic amines is 1. The molecule has 0 aliphatic carbocycles. The van der Waals surface area contributed by atoms with Gasteiger partial charge in [0, 0.05) is 21.8 Å². The third-order valence-corrected chi connectivity index (χ3v) is 5.60. The van der Waals surface area contributed by atoms with Crippen LogP contribution in [0.5, 0.6) is 0 Å². The number of H-pyrrole nitrogens is 1. The standard InChI is InChI=1S/C25H18ClN3O/c1-15-12-22-23(14-21(15)26)29-24(28-22)17-8-4-9-18(13-17)27-25(30)20-11-5-7-16-6-2-3-10-19(16)20/h2-14H,1H3,(H,27,30)(H,28,29). The average molecular weight is 412 g/mol. The second-order valence-electron chi connectivity index (χ2n) is 7.27. The molecule has 1 heterocycles. The molecule has 0 unspecified atom stereocenters. The highest BCUT2D eigenvalue weighted by Gasteiger charge is 2.12. The first-order valence-electron chi connectivity index (χ1n) is 9.64. The predicted molar refractivity (Wildman–Crippen MR) is 123 cm³/mol. The molecule has 0 radical (unpaired) electrons. The maximum atomic E-state index is 12.9. The zero-order valence-electron chi connectivity index (χ0n) is 16.2. The summed E-state index contributed by atoms with van der Waals surface area (Å²) >= 11 is 6.22. The molecule has 146 valence electrons. The van der Waals surface area contributed by atoms with E-state index in [0.29, 0.717) is 16.3 Å². The third kappa shape index (κ3) is 3.31. The molecule has 5 heteroatoms. The first-order chi connectivity index (χ1) is 14.6. The molecule has 4 nitrogen and oxygen atoms in total. The van der Waals surface area contributed by atoms with Crippen molar-refractivity contribution in [3.05, 3.63) is 95.0 Å². The molecule has 30 heavy (non-hydrogen) atoms. The number of aryl methyl sites for hydroxylation is 1. The fourth-order valence-corrected chi connectivity index (χ4v) is 3.80. The highest BCUT2D eigenvalue weighted by Crippen LogP contribution is 2.27. The average Bonchev–Trinajstić information content (AvgIpc) is 3.16. The van der Waals surface area contributed by atoms with Crippen molar-refractivity contribution in [2.45, 2.75) is 6.92 Å². The number of hydrogen-bond donors (Lipinski definition) is 2. The summed E-state index contributed by atoms with van der Waals surface area (Å²) in [7, 11) is 0. The molecule has 0 spiro atoms. The first kappa shape index (κ1) is 18.4. The summed E-state index contributed by atoms with van der Waals surface area (Å²) in [6, 6.07) is 25.1. The zero-order valence-corrected chi connectivity index (χ0v) is 17.0. The van der Waals surface area contributed by atoms with Crippen LogP contribution in [-0.4, -0.2) is 15.9 Å². The van der Waals surface area contributed by atoms with Gasteiger partial charge in [0.1, 0.15) is 5.82 Å². The lowest BCUT2D eigenvalue weighted by atomic mass is 10.0. The molecule has 1 amide bonds. The molecule has 0 saturated heterocycles. The number of nitrogens with zero attached hydrogens (tertiary/aromatic N) is 1. The van der Waals surface area contributed by atoms with Gasteiger partial charge in [-0.1, -0.05) is 60.1 Å². The molecule has 1 aromatic heterocycles. The van der Waals surface area contributed by atoms with Crippen molar-refractivity contribution in [1.82, 2.24) is 9.97 Å². The van der Waals surface area contributed by atoms with Crippen molar-refractivity contribution in [1.29, 1.82) is 0 Å². The van der Waals surface area contributed by atoms with Crippen LogP contribution in [-0.2, 0) is 0 Å². The zero-order chi connectivity index (χ0) is 20.7. The summed E-state index contributed by atoms with van der Waals surface area (Å²) in [6.45, 7) is 1.96. The van der Waals surface area contributed by atoms with Crippen LogP contribution in [0.25, 0.3) is 33.2 Å². The highest BCUT2D eigenvalue weighted by molar-refractivity contribution is 6.32. The minimum absolute atomic E-state index is 0.143. The van der Waals surface area contributed by atoms with Gasteiger partial charge in [-0.15, -0.1) is 0 Å². The summed E-state index contributed by atoms with van der Waals surface area (Å²) in [5, 5.41) is 5.67. The normalized spacial score (nSPS) is 11.1.